The molecule has 3 atom stereocenters. The van der Waals surface area contributed by atoms with E-state index in [1.807, 2.05) is 0 Å². The fourth-order valence-electron chi connectivity index (χ4n) is 2.33. The molecule has 2 aliphatic rings. The number of hydrogen-bond donors (Lipinski definition) is 1. The summed E-state index contributed by atoms with van der Waals surface area (Å²) in [5.74, 6) is 2.27. The van der Waals surface area contributed by atoms with E-state index in [4.69, 9.17) is 5.11 Å². The summed E-state index contributed by atoms with van der Waals surface area (Å²) in [6, 6.07) is 0. The van der Waals surface area contributed by atoms with E-state index < -0.39 is 0 Å². The Bertz CT molecular complexity index is 111. The zero-order valence-electron chi connectivity index (χ0n) is 5.59. The van der Waals surface area contributed by atoms with Crippen molar-refractivity contribution < 1.29 is 5.11 Å². The third-order valence-corrected chi connectivity index (χ3v) is 2.85. The lowest BCUT2D eigenvalue weighted by molar-refractivity contribution is 0.205. The zero-order valence-corrected chi connectivity index (χ0v) is 5.59. The molecule has 1 radical (unpaired) electrons. The zero-order chi connectivity index (χ0) is 6.27. The van der Waals surface area contributed by atoms with E-state index in [2.05, 4.69) is 6.42 Å². The van der Waals surface area contributed by atoms with Crippen LogP contribution in [0.25, 0.3) is 0 Å². The summed E-state index contributed by atoms with van der Waals surface area (Å²) in [5.41, 5.74) is 0. The molecule has 0 aromatic heterocycles. The van der Waals surface area contributed by atoms with Gasteiger partial charge in [0.2, 0.25) is 0 Å². The van der Waals surface area contributed by atoms with Crippen molar-refractivity contribution >= 4 is 0 Å². The Kier molecular flexibility index (Phi) is 1.26. The van der Waals surface area contributed by atoms with Crippen molar-refractivity contribution in [2.45, 2.75) is 19.3 Å². The molecule has 0 amide bonds. The van der Waals surface area contributed by atoms with E-state index in [0.29, 0.717) is 12.5 Å². The molecular formula is C8H13O. The van der Waals surface area contributed by atoms with E-state index in [1.54, 1.807) is 0 Å². The average molecular weight is 125 g/mol. The van der Waals surface area contributed by atoms with E-state index in [-0.39, 0.29) is 0 Å². The van der Waals surface area contributed by atoms with E-state index in [9.17, 15) is 0 Å². The molecule has 0 unspecified atom stereocenters. The van der Waals surface area contributed by atoms with Crippen LogP contribution in [0.1, 0.15) is 19.3 Å². The maximum atomic E-state index is 8.86. The highest BCUT2D eigenvalue weighted by Gasteiger charge is 2.38. The van der Waals surface area contributed by atoms with E-state index in [0.717, 1.165) is 11.8 Å². The summed E-state index contributed by atoms with van der Waals surface area (Å²) in [6.07, 6.45) is 6.48. The van der Waals surface area contributed by atoms with Gasteiger partial charge in [-0.25, -0.2) is 0 Å². The van der Waals surface area contributed by atoms with Gasteiger partial charge in [-0.15, -0.1) is 0 Å². The molecule has 1 heteroatoms. The van der Waals surface area contributed by atoms with Crippen LogP contribution in [-0.4, -0.2) is 11.7 Å². The largest absolute Gasteiger partial charge is 0.396 e. The van der Waals surface area contributed by atoms with Gasteiger partial charge in [0.05, 0.1) is 0 Å². The molecule has 2 aliphatic carbocycles. The quantitative estimate of drug-likeness (QED) is 0.559. The van der Waals surface area contributed by atoms with Crippen LogP contribution in [-0.2, 0) is 0 Å². The van der Waals surface area contributed by atoms with Gasteiger partial charge >= 0.3 is 0 Å². The average Bonchev–Trinajstić information content (AvgIpc) is 2.45. The number of aliphatic hydroxyl groups excluding tert-OH is 1. The Morgan fingerprint density at radius 2 is 2.33 bits per heavy atom. The maximum absolute atomic E-state index is 8.86. The second kappa shape index (κ2) is 1.98. The Morgan fingerprint density at radius 1 is 1.44 bits per heavy atom. The molecular weight excluding hydrogens is 112 g/mol. The van der Waals surface area contributed by atoms with Gasteiger partial charge in [0.25, 0.3) is 0 Å². The number of rotatable bonds is 1. The monoisotopic (exact) mass is 125 g/mol. The van der Waals surface area contributed by atoms with Crippen LogP contribution in [0.5, 0.6) is 0 Å². The van der Waals surface area contributed by atoms with Crippen molar-refractivity contribution in [3.8, 4) is 0 Å². The second-order valence-corrected chi connectivity index (χ2v) is 3.37. The van der Waals surface area contributed by atoms with Crippen molar-refractivity contribution in [3.63, 3.8) is 0 Å². The minimum absolute atomic E-state index is 0.390. The summed E-state index contributed by atoms with van der Waals surface area (Å²) in [7, 11) is 0. The molecule has 2 bridgehead atoms. The molecule has 51 valence electrons. The Labute approximate surface area is 56.1 Å². The smallest absolute Gasteiger partial charge is 0.0464 e. The first-order chi connectivity index (χ1) is 4.40. The Balaban J connectivity index is 2.01. The third-order valence-electron chi connectivity index (χ3n) is 2.85. The molecule has 2 rings (SSSR count). The van der Waals surface area contributed by atoms with Crippen LogP contribution in [0.3, 0.4) is 0 Å². The van der Waals surface area contributed by atoms with Crippen molar-refractivity contribution in [1.82, 2.24) is 0 Å². The molecule has 1 N–H and O–H groups in total. The van der Waals surface area contributed by atoms with Crippen molar-refractivity contribution in [2.75, 3.05) is 6.61 Å². The molecule has 2 fully saturated rings. The molecule has 0 saturated heterocycles. The predicted octanol–water partition coefficient (Wildman–Crippen LogP) is 1.23. The van der Waals surface area contributed by atoms with Gasteiger partial charge in [-0.3, -0.25) is 0 Å². The molecule has 0 aromatic rings. The van der Waals surface area contributed by atoms with Gasteiger partial charge < -0.3 is 5.11 Å². The summed E-state index contributed by atoms with van der Waals surface area (Å²) >= 11 is 0. The van der Waals surface area contributed by atoms with Crippen molar-refractivity contribution in [2.24, 2.45) is 17.8 Å². The first kappa shape index (κ1) is 5.72. The standard InChI is InChI=1S/C8H13O/c9-5-8-4-6-1-2-7(8)3-6/h4,6-9H,1-3,5H2/t6-,7+,8+/m1/s1. The lowest BCUT2D eigenvalue weighted by atomic mass is 9.90. The highest BCUT2D eigenvalue weighted by Crippen LogP contribution is 2.47. The highest BCUT2D eigenvalue weighted by atomic mass is 16.3. The summed E-state index contributed by atoms with van der Waals surface area (Å²) in [4.78, 5) is 0. The molecule has 0 spiro atoms. The molecule has 0 aromatic carbocycles. The van der Waals surface area contributed by atoms with Gasteiger partial charge in [0.15, 0.2) is 0 Å². The van der Waals surface area contributed by atoms with Crippen LogP contribution in [0, 0.1) is 24.2 Å². The minimum Gasteiger partial charge on any atom is -0.396 e. The first-order valence-corrected chi connectivity index (χ1v) is 3.86. The summed E-state index contributed by atoms with van der Waals surface area (Å²) in [5, 5.41) is 8.86. The van der Waals surface area contributed by atoms with Gasteiger partial charge in [0.1, 0.15) is 0 Å². The Morgan fingerprint density at radius 3 is 2.67 bits per heavy atom. The lowest BCUT2D eigenvalue weighted by Crippen LogP contribution is -2.14. The highest BCUT2D eigenvalue weighted by molar-refractivity contribution is 5.01. The summed E-state index contributed by atoms with van der Waals surface area (Å²) < 4.78 is 0. The number of hydrogen-bond acceptors (Lipinski definition) is 1. The van der Waals surface area contributed by atoms with Gasteiger partial charge in [0, 0.05) is 6.61 Å². The van der Waals surface area contributed by atoms with Gasteiger partial charge in [-0.05, 0) is 43.4 Å². The molecule has 0 aliphatic heterocycles. The van der Waals surface area contributed by atoms with E-state index in [1.165, 1.54) is 19.3 Å². The molecule has 1 nitrogen and oxygen atoms in total. The SMILES string of the molecule is OC[C@@H]1[CH][C@@H]2CC[C@H]1C2. The van der Waals surface area contributed by atoms with Crippen LogP contribution in [0.15, 0.2) is 0 Å². The fraction of sp³-hybridized carbons (Fsp3) is 0.875. The fourth-order valence-corrected chi connectivity index (χ4v) is 2.33. The number of aliphatic hydroxyl groups is 1. The van der Waals surface area contributed by atoms with Crippen molar-refractivity contribution in [3.05, 3.63) is 6.42 Å². The minimum atomic E-state index is 0.390. The van der Waals surface area contributed by atoms with Crippen LogP contribution < -0.4 is 0 Å². The second-order valence-electron chi connectivity index (χ2n) is 3.37. The third kappa shape index (κ3) is 0.787. The van der Waals surface area contributed by atoms with Crippen LogP contribution in [0.2, 0.25) is 0 Å². The van der Waals surface area contributed by atoms with Crippen LogP contribution >= 0.6 is 0 Å². The van der Waals surface area contributed by atoms with E-state index >= 15 is 0 Å². The molecule has 2 saturated carbocycles. The van der Waals surface area contributed by atoms with Crippen LogP contribution in [0.4, 0.5) is 0 Å². The lowest BCUT2D eigenvalue weighted by Gasteiger charge is -2.17. The topological polar surface area (TPSA) is 20.2 Å². The summed E-state index contributed by atoms with van der Waals surface area (Å²) in [6.45, 7) is 0.390. The molecule has 0 heterocycles. The van der Waals surface area contributed by atoms with Crippen molar-refractivity contribution in [1.29, 1.82) is 0 Å². The normalized spacial score (nSPS) is 48.3. The maximum Gasteiger partial charge on any atom is 0.0464 e. The first-order valence-electron chi connectivity index (χ1n) is 3.86. The molecule has 9 heavy (non-hydrogen) atoms. The Hall–Kier alpha value is -0.0400. The predicted molar refractivity (Wildman–Crippen MR) is 35.7 cm³/mol. The van der Waals surface area contributed by atoms with Gasteiger partial charge in [-0.1, -0.05) is 0 Å². The number of fused-ring (bicyclic) bond motifs is 2. The van der Waals surface area contributed by atoms with Gasteiger partial charge in [-0.2, -0.15) is 0 Å².